The zero-order valence-corrected chi connectivity index (χ0v) is 14.7. The monoisotopic (exact) mass is 376 g/mol. The second-order valence-electron chi connectivity index (χ2n) is 6.35. The summed E-state index contributed by atoms with van der Waals surface area (Å²) in [4.78, 5) is 35.6. The number of aromatic nitrogens is 3. The molecule has 1 aliphatic carbocycles. The second kappa shape index (κ2) is 7.43. The third kappa shape index (κ3) is 3.96. The van der Waals surface area contributed by atoms with Crippen LogP contribution in [-0.2, 0) is 4.79 Å². The first kappa shape index (κ1) is 17.6. The summed E-state index contributed by atoms with van der Waals surface area (Å²) in [6, 6.07) is 10.2. The highest BCUT2D eigenvalue weighted by molar-refractivity contribution is 5.94. The van der Waals surface area contributed by atoms with E-state index in [4.69, 9.17) is 4.74 Å². The number of carboxylic acids is 1. The van der Waals surface area contributed by atoms with Crippen LogP contribution in [0.4, 0.5) is 5.69 Å². The number of ether oxygens (including phenoxy) is 1. The standard InChI is InChI=1S/C20H16N4O4/c25-18(12-3-4-12)23-14-5-7-15(8-6-14)28-19-16(20(26)27)11-22-17(24-19)13-2-1-9-21-10-13/h1-2,5-12H,3-4H2,(H,23,25)(H,26,27). The van der Waals surface area contributed by atoms with Gasteiger partial charge in [-0.2, -0.15) is 4.98 Å². The van der Waals surface area contributed by atoms with E-state index in [0.717, 1.165) is 12.8 Å². The van der Waals surface area contributed by atoms with Crippen LogP contribution >= 0.6 is 0 Å². The Hall–Kier alpha value is -3.81. The van der Waals surface area contributed by atoms with Crippen molar-refractivity contribution in [3.8, 4) is 23.0 Å². The Morgan fingerprint density at radius 2 is 1.89 bits per heavy atom. The van der Waals surface area contributed by atoms with Gasteiger partial charge in [0.1, 0.15) is 11.3 Å². The highest BCUT2D eigenvalue weighted by Gasteiger charge is 2.29. The summed E-state index contributed by atoms with van der Waals surface area (Å²) in [7, 11) is 0. The number of carboxylic acid groups (broad SMARTS) is 1. The number of benzene rings is 1. The molecule has 2 N–H and O–H groups in total. The van der Waals surface area contributed by atoms with Gasteiger partial charge in [0.25, 0.3) is 0 Å². The second-order valence-corrected chi connectivity index (χ2v) is 6.35. The van der Waals surface area contributed by atoms with Crippen molar-refractivity contribution in [3.05, 3.63) is 60.6 Å². The molecule has 1 aliphatic rings. The number of hydrogen-bond donors (Lipinski definition) is 2. The number of aromatic carboxylic acids is 1. The quantitative estimate of drug-likeness (QED) is 0.678. The molecule has 0 unspecified atom stereocenters. The van der Waals surface area contributed by atoms with Crippen LogP contribution in [0.3, 0.4) is 0 Å². The maximum absolute atomic E-state index is 11.8. The maximum atomic E-state index is 11.8. The molecule has 0 bridgehead atoms. The summed E-state index contributed by atoms with van der Waals surface area (Å²) < 4.78 is 5.69. The van der Waals surface area contributed by atoms with Crippen molar-refractivity contribution in [1.82, 2.24) is 15.0 Å². The van der Waals surface area contributed by atoms with Crippen molar-refractivity contribution in [2.45, 2.75) is 12.8 Å². The summed E-state index contributed by atoms with van der Waals surface area (Å²) in [5, 5.41) is 12.2. The molecule has 1 amide bonds. The molecule has 140 valence electrons. The fraction of sp³-hybridized carbons (Fsp3) is 0.150. The van der Waals surface area contributed by atoms with E-state index >= 15 is 0 Å². The number of pyridine rings is 1. The molecular formula is C20H16N4O4. The molecule has 0 radical (unpaired) electrons. The van der Waals surface area contributed by atoms with Gasteiger partial charge in [-0.25, -0.2) is 9.78 Å². The molecule has 1 fully saturated rings. The van der Waals surface area contributed by atoms with Crippen molar-refractivity contribution in [3.63, 3.8) is 0 Å². The van der Waals surface area contributed by atoms with E-state index in [1.807, 2.05) is 0 Å². The van der Waals surface area contributed by atoms with E-state index in [9.17, 15) is 14.7 Å². The fourth-order valence-electron chi connectivity index (χ4n) is 2.53. The Morgan fingerprint density at radius 1 is 1.11 bits per heavy atom. The first-order chi connectivity index (χ1) is 13.6. The molecule has 1 aromatic carbocycles. The van der Waals surface area contributed by atoms with Crippen LogP contribution in [0, 0.1) is 5.92 Å². The van der Waals surface area contributed by atoms with E-state index in [2.05, 4.69) is 20.3 Å². The van der Waals surface area contributed by atoms with Gasteiger partial charge in [-0.3, -0.25) is 9.78 Å². The average Bonchev–Trinajstić information content (AvgIpc) is 3.55. The van der Waals surface area contributed by atoms with E-state index in [1.165, 1.54) is 6.20 Å². The molecule has 4 rings (SSSR count). The van der Waals surface area contributed by atoms with E-state index in [1.54, 1.807) is 48.8 Å². The molecule has 0 saturated heterocycles. The Labute approximate surface area is 160 Å². The topological polar surface area (TPSA) is 114 Å². The van der Waals surface area contributed by atoms with Crippen molar-refractivity contribution in [1.29, 1.82) is 0 Å². The number of amides is 1. The van der Waals surface area contributed by atoms with E-state index in [0.29, 0.717) is 22.8 Å². The highest BCUT2D eigenvalue weighted by atomic mass is 16.5. The van der Waals surface area contributed by atoms with Crippen molar-refractivity contribution < 1.29 is 19.4 Å². The lowest BCUT2D eigenvalue weighted by Crippen LogP contribution is -2.13. The molecule has 0 spiro atoms. The average molecular weight is 376 g/mol. The van der Waals surface area contributed by atoms with Crippen LogP contribution in [0.5, 0.6) is 11.6 Å². The van der Waals surface area contributed by atoms with Gasteiger partial charge in [0.15, 0.2) is 5.82 Å². The van der Waals surface area contributed by atoms with Gasteiger partial charge < -0.3 is 15.2 Å². The number of carbonyl (C=O) groups is 2. The molecule has 0 atom stereocenters. The van der Waals surface area contributed by atoms with Crippen molar-refractivity contribution in [2.24, 2.45) is 5.92 Å². The molecule has 3 aromatic rings. The summed E-state index contributed by atoms with van der Waals surface area (Å²) in [5.74, 6) is -0.443. The lowest BCUT2D eigenvalue weighted by molar-refractivity contribution is -0.117. The van der Waals surface area contributed by atoms with E-state index < -0.39 is 5.97 Å². The Balaban J connectivity index is 1.57. The predicted octanol–water partition coefficient (Wildman–Crippen LogP) is 3.38. The SMILES string of the molecule is O=C(O)c1cnc(-c2cccnc2)nc1Oc1ccc(NC(=O)C2CC2)cc1. The number of nitrogens with one attached hydrogen (secondary N) is 1. The lowest BCUT2D eigenvalue weighted by Gasteiger charge is -2.10. The molecule has 8 heteroatoms. The number of carbonyl (C=O) groups excluding carboxylic acids is 1. The van der Waals surface area contributed by atoms with Crippen LogP contribution in [0.15, 0.2) is 55.0 Å². The van der Waals surface area contributed by atoms with Crippen LogP contribution in [0.2, 0.25) is 0 Å². The summed E-state index contributed by atoms with van der Waals surface area (Å²) in [5.41, 5.74) is 1.14. The smallest absolute Gasteiger partial charge is 0.342 e. The third-order valence-corrected chi connectivity index (χ3v) is 4.19. The number of rotatable bonds is 6. The van der Waals surface area contributed by atoms with Crippen LogP contribution < -0.4 is 10.1 Å². The Morgan fingerprint density at radius 3 is 2.54 bits per heavy atom. The molecule has 2 heterocycles. The van der Waals surface area contributed by atoms with Crippen LogP contribution in [0.25, 0.3) is 11.4 Å². The molecule has 1 saturated carbocycles. The molecular weight excluding hydrogens is 360 g/mol. The van der Waals surface area contributed by atoms with Gasteiger partial charge in [0.2, 0.25) is 11.8 Å². The first-order valence-corrected chi connectivity index (χ1v) is 8.69. The van der Waals surface area contributed by atoms with E-state index in [-0.39, 0.29) is 23.3 Å². The van der Waals surface area contributed by atoms with Crippen LogP contribution in [-0.4, -0.2) is 31.9 Å². The molecule has 8 nitrogen and oxygen atoms in total. The Kier molecular flexibility index (Phi) is 4.67. The lowest BCUT2D eigenvalue weighted by atomic mass is 10.2. The zero-order chi connectivity index (χ0) is 19.5. The van der Waals surface area contributed by atoms with Gasteiger partial charge in [0, 0.05) is 35.8 Å². The van der Waals surface area contributed by atoms with Gasteiger partial charge in [-0.15, -0.1) is 0 Å². The summed E-state index contributed by atoms with van der Waals surface area (Å²) in [6.45, 7) is 0. The van der Waals surface area contributed by atoms with Crippen molar-refractivity contribution in [2.75, 3.05) is 5.32 Å². The summed E-state index contributed by atoms with van der Waals surface area (Å²) >= 11 is 0. The third-order valence-electron chi connectivity index (χ3n) is 4.19. The maximum Gasteiger partial charge on any atom is 0.342 e. The van der Waals surface area contributed by atoms with Crippen molar-refractivity contribution >= 4 is 17.6 Å². The fourth-order valence-corrected chi connectivity index (χ4v) is 2.53. The number of anilines is 1. The van der Waals surface area contributed by atoms with Crippen LogP contribution in [0.1, 0.15) is 23.2 Å². The van der Waals surface area contributed by atoms with Gasteiger partial charge in [-0.05, 0) is 49.2 Å². The number of hydrogen-bond acceptors (Lipinski definition) is 6. The van der Waals surface area contributed by atoms with Gasteiger partial charge in [0.05, 0.1) is 0 Å². The molecule has 0 aliphatic heterocycles. The zero-order valence-electron chi connectivity index (χ0n) is 14.7. The minimum Gasteiger partial charge on any atom is -0.477 e. The minimum absolute atomic E-state index is 0.0127. The highest BCUT2D eigenvalue weighted by Crippen LogP contribution is 2.31. The molecule has 28 heavy (non-hydrogen) atoms. The summed E-state index contributed by atoms with van der Waals surface area (Å²) in [6.07, 6.45) is 6.26. The largest absolute Gasteiger partial charge is 0.477 e. The predicted molar refractivity (Wildman–Crippen MR) is 100 cm³/mol. The minimum atomic E-state index is -1.19. The first-order valence-electron chi connectivity index (χ1n) is 8.69. The normalized spacial score (nSPS) is 13.0. The van der Waals surface area contributed by atoms with Gasteiger partial charge >= 0.3 is 5.97 Å². The number of nitrogens with zero attached hydrogens (tertiary/aromatic N) is 3. The van der Waals surface area contributed by atoms with Gasteiger partial charge in [-0.1, -0.05) is 0 Å². The molecule has 2 aromatic heterocycles. The Bertz CT molecular complexity index is 1020.